The molecule has 0 atom stereocenters. The molecule has 0 unspecified atom stereocenters. The molecule has 0 aliphatic rings. The molecule has 0 aliphatic carbocycles. The van der Waals surface area contributed by atoms with Crippen LogP contribution < -0.4 is 0 Å². The molecule has 0 N–H and O–H groups in total. The van der Waals surface area contributed by atoms with Crippen molar-refractivity contribution in [3.05, 3.63) is 28.1 Å². The Labute approximate surface area is 92.3 Å². The van der Waals surface area contributed by atoms with Gasteiger partial charge in [0, 0.05) is 18.0 Å². The molecule has 0 saturated carbocycles. The van der Waals surface area contributed by atoms with Gasteiger partial charge in [0.15, 0.2) is 5.65 Å². The van der Waals surface area contributed by atoms with Gasteiger partial charge in [-0.3, -0.25) is 0 Å². The first-order chi connectivity index (χ1) is 6.68. The van der Waals surface area contributed by atoms with Gasteiger partial charge in [0.1, 0.15) is 0 Å². The lowest BCUT2D eigenvalue weighted by molar-refractivity contribution is 0.912. The van der Waals surface area contributed by atoms with Crippen LogP contribution in [-0.2, 0) is 0 Å². The van der Waals surface area contributed by atoms with Crippen molar-refractivity contribution in [2.45, 2.75) is 27.7 Å². The normalized spacial score (nSPS) is 9.79. The lowest BCUT2D eigenvalue weighted by atomic mass is 10.3. The Kier molecular flexibility index (Phi) is 3.63. The standard InChI is InChI=1S/C8H8BrN3.C2H6/c1-5-6(2)11-12-4-7(9)3-10-8(5)12;1-2/h3-4H,1-2H3;1-2H3. The first-order valence-corrected chi connectivity index (χ1v) is 5.45. The zero-order valence-electron chi connectivity index (χ0n) is 8.87. The molecule has 4 heteroatoms. The fourth-order valence-corrected chi connectivity index (χ4v) is 1.43. The highest BCUT2D eigenvalue weighted by Gasteiger charge is 2.04. The Balaban J connectivity index is 0.000000461. The highest BCUT2D eigenvalue weighted by Crippen LogP contribution is 2.14. The Morgan fingerprint density at radius 1 is 1.29 bits per heavy atom. The monoisotopic (exact) mass is 255 g/mol. The molecule has 0 amide bonds. The highest BCUT2D eigenvalue weighted by molar-refractivity contribution is 9.10. The summed E-state index contributed by atoms with van der Waals surface area (Å²) in [6.45, 7) is 8.01. The van der Waals surface area contributed by atoms with Crippen molar-refractivity contribution in [1.82, 2.24) is 14.6 Å². The summed E-state index contributed by atoms with van der Waals surface area (Å²) in [5.74, 6) is 0. The Morgan fingerprint density at radius 3 is 2.57 bits per heavy atom. The average molecular weight is 256 g/mol. The van der Waals surface area contributed by atoms with E-state index in [1.54, 1.807) is 10.7 Å². The molecular weight excluding hydrogens is 242 g/mol. The maximum Gasteiger partial charge on any atom is 0.158 e. The number of aromatic nitrogens is 3. The van der Waals surface area contributed by atoms with Gasteiger partial charge in [-0.1, -0.05) is 13.8 Å². The van der Waals surface area contributed by atoms with Crippen molar-refractivity contribution in [3.63, 3.8) is 0 Å². The van der Waals surface area contributed by atoms with Crippen molar-refractivity contribution >= 4 is 21.6 Å². The van der Waals surface area contributed by atoms with Crippen LogP contribution in [0, 0.1) is 13.8 Å². The van der Waals surface area contributed by atoms with E-state index in [9.17, 15) is 0 Å². The summed E-state index contributed by atoms with van der Waals surface area (Å²) >= 11 is 3.34. The molecule has 0 aliphatic heterocycles. The van der Waals surface area contributed by atoms with Gasteiger partial charge in [-0.25, -0.2) is 9.50 Å². The summed E-state index contributed by atoms with van der Waals surface area (Å²) in [5.41, 5.74) is 3.10. The van der Waals surface area contributed by atoms with Crippen LogP contribution in [0.4, 0.5) is 0 Å². The summed E-state index contributed by atoms with van der Waals surface area (Å²) in [7, 11) is 0. The lowest BCUT2D eigenvalue weighted by Crippen LogP contribution is -1.88. The van der Waals surface area contributed by atoms with Gasteiger partial charge in [-0.05, 0) is 29.8 Å². The first-order valence-electron chi connectivity index (χ1n) is 4.65. The summed E-state index contributed by atoms with van der Waals surface area (Å²) in [6, 6.07) is 0. The average Bonchev–Trinajstić information content (AvgIpc) is 2.45. The minimum absolute atomic E-state index is 0.927. The van der Waals surface area contributed by atoms with E-state index >= 15 is 0 Å². The van der Waals surface area contributed by atoms with Gasteiger partial charge in [-0.2, -0.15) is 5.10 Å². The van der Waals surface area contributed by atoms with E-state index < -0.39 is 0 Å². The third-order valence-electron chi connectivity index (χ3n) is 1.91. The number of nitrogens with zero attached hydrogens (tertiary/aromatic N) is 3. The molecule has 2 aromatic rings. The minimum atomic E-state index is 0.927. The lowest BCUT2D eigenvalue weighted by Gasteiger charge is -1.92. The van der Waals surface area contributed by atoms with E-state index in [0.29, 0.717) is 0 Å². The zero-order valence-corrected chi connectivity index (χ0v) is 10.5. The molecule has 0 spiro atoms. The summed E-state index contributed by atoms with van der Waals surface area (Å²) in [4.78, 5) is 4.25. The molecule has 0 bridgehead atoms. The fraction of sp³-hybridized carbons (Fsp3) is 0.400. The topological polar surface area (TPSA) is 30.2 Å². The SMILES string of the molecule is CC.Cc1nn2cc(Br)cnc2c1C. The second kappa shape index (κ2) is 4.55. The van der Waals surface area contributed by atoms with Crippen molar-refractivity contribution in [3.8, 4) is 0 Å². The van der Waals surface area contributed by atoms with Gasteiger partial charge in [0.2, 0.25) is 0 Å². The van der Waals surface area contributed by atoms with E-state index in [1.807, 2.05) is 33.9 Å². The molecule has 0 aromatic carbocycles. The number of hydrogen-bond acceptors (Lipinski definition) is 2. The molecule has 14 heavy (non-hydrogen) atoms. The van der Waals surface area contributed by atoms with Crippen LogP contribution in [0.3, 0.4) is 0 Å². The minimum Gasteiger partial charge on any atom is -0.236 e. The Hall–Kier alpha value is -0.900. The third kappa shape index (κ3) is 1.95. The summed E-state index contributed by atoms with van der Waals surface area (Å²) in [5, 5.41) is 4.30. The molecule has 76 valence electrons. The van der Waals surface area contributed by atoms with Gasteiger partial charge in [0.25, 0.3) is 0 Å². The van der Waals surface area contributed by atoms with Crippen molar-refractivity contribution < 1.29 is 0 Å². The maximum absolute atomic E-state index is 4.30. The van der Waals surface area contributed by atoms with Crippen LogP contribution in [0.1, 0.15) is 25.1 Å². The predicted molar refractivity (Wildman–Crippen MR) is 61.5 cm³/mol. The molecule has 0 fully saturated rings. The number of rotatable bonds is 0. The summed E-state index contributed by atoms with van der Waals surface area (Å²) in [6.07, 6.45) is 3.69. The van der Waals surface area contributed by atoms with E-state index in [1.165, 1.54) is 0 Å². The van der Waals surface area contributed by atoms with Gasteiger partial charge in [0.05, 0.1) is 10.2 Å². The number of halogens is 1. The molecule has 2 rings (SSSR count). The largest absolute Gasteiger partial charge is 0.236 e. The molecular formula is C10H14BrN3. The van der Waals surface area contributed by atoms with Crippen LogP contribution in [0.15, 0.2) is 16.9 Å². The molecule has 3 nitrogen and oxygen atoms in total. The molecule has 0 radical (unpaired) electrons. The molecule has 0 saturated heterocycles. The number of aryl methyl sites for hydroxylation is 2. The number of hydrogen-bond donors (Lipinski definition) is 0. The van der Waals surface area contributed by atoms with Gasteiger partial charge < -0.3 is 0 Å². The van der Waals surface area contributed by atoms with Crippen LogP contribution >= 0.6 is 15.9 Å². The fourth-order valence-electron chi connectivity index (χ4n) is 1.14. The Morgan fingerprint density at radius 2 is 1.93 bits per heavy atom. The number of fused-ring (bicyclic) bond motifs is 1. The molecule has 2 aromatic heterocycles. The third-order valence-corrected chi connectivity index (χ3v) is 2.32. The highest BCUT2D eigenvalue weighted by atomic mass is 79.9. The van der Waals surface area contributed by atoms with E-state index in [0.717, 1.165) is 21.4 Å². The van der Waals surface area contributed by atoms with Crippen LogP contribution in [0.25, 0.3) is 5.65 Å². The quantitative estimate of drug-likeness (QED) is 0.724. The van der Waals surface area contributed by atoms with Crippen LogP contribution in [0.5, 0.6) is 0 Å². The van der Waals surface area contributed by atoms with Gasteiger partial charge >= 0.3 is 0 Å². The van der Waals surface area contributed by atoms with Crippen molar-refractivity contribution in [1.29, 1.82) is 0 Å². The van der Waals surface area contributed by atoms with E-state index in [4.69, 9.17) is 0 Å². The van der Waals surface area contributed by atoms with E-state index in [-0.39, 0.29) is 0 Å². The summed E-state index contributed by atoms with van der Waals surface area (Å²) < 4.78 is 2.73. The van der Waals surface area contributed by atoms with Crippen LogP contribution in [0.2, 0.25) is 0 Å². The smallest absolute Gasteiger partial charge is 0.158 e. The first kappa shape index (κ1) is 11.2. The zero-order chi connectivity index (χ0) is 10.7. The predicted octanol–water partition coefficient (Wildman–Crippen LogP) is 3.13. The van der Waals surface area contributed by atoms with Crippen molar-refractivity contribution in [2.24, 2.45) is 0 Å². The maximum atomic E-state index is 4.30. The van der Waals surface area contributed by atoms with Crippen molar-refractivity contribution in [2.75, 3.05) is 0 Å². The van der Waals surface area contributed by atoms with Gasteiger partial charge in [-0.15, -0.1) is 0 Å². The second-order valence-corrected chi connectivity index (χ2v) is 3.67. The Bertz CT molecular complexity index is 434. The second-order valence-electron chi connectivity index (χ2n) is 2.75. The van der Waals surface area contributed by atoms with Crippen LogP contribution in [-0.4, -0.2) is 14.6 Å². The molecule has 2 heterocycles. The van der Waals surface area contributed by atoms with E-state index in [2.05, 4.69) is 26.0 Å².